The Morgan fingerprint density at radius 3 is 2.27 bits per heavy atom. The lowest BCUT2D eigenvalue weighted by Gasteiger charge is -2.05. The van der Waals surface area contributed by atoms with Gasteiger partial charge in [-0.2, -0.15) is 10.2 Å². The van der Waals surface area contributed by atoms with Crippen molar-refractivity contribution in [3.05, 3.63) is 71.3 Å². The lowest BCUT2D eigenvalue weighted by atomic mass is 10.1. The highest BCUT2D eigenvalue weighted by Gasteiger charge is 2.25. The number of benzene rings is 1. The van der Waals surface area contributed by atoms with Crippen molar-refractivity contribution in [1.29, 1.82) is 0 Å². The molecule has 3 aromatic rings. The standard InChI is InChI=1S/C18H20N4/c1-14-10-19-22(11-14)13-16-4-2-15(3-5-16)12-21-9-8-18(20-21)17-6-7-17/h2-5,8-11,17H,6-7,12-13H2,1H3. The van der Waals surface area contributed by atoms with E-state index in [9.17, 15) is 0 Å². The van der Waals surface area contributed by atoms with Crippen LogP contribution < -0.4 is 0 Å². The number of aromatic nitrogens is 4. The number of nitrogens with zero attached hydrogens (tertiary/aromatic N) is 4. The first-order valence-electron chi connectivity index (χ1n) is 7.86. The molecule has 4 heteroatoms. The summed E-state index contributed by atoms with van der Waals surface area (Å²) in [4.78, 5) is 0. The second kappa shape index (κ2) is 5.44. The molecular formula is C18H20N4. The van der Waals surface area contributed by atoms with Gasteiger partial charge in [-0.25, -0.2) is 0 Å². The predicted molar refractivity (Wildman–Crippen MR) is 85.8 cm³/mol. The molecule has 112 valence electrons. The van der Waals surface area contributed by atoms with E-state index < -0.39 is 0 Å². The fourth-order valence-electron chi connectivity index (χ4n) is 2.74. The largest absolute Gasteiger partial charge is 0.268 e. The first-order chi connectivity index (χ1) is 10.8. The van der Waals surface area contributed by atoms with E-state index in [2.05, 4.69) is 59.8 Å². The number of rotatable bonds is 5. The van der Waals surface area contributed by atoms with E-state index in [1.807, 2.05) is 15.6 Å². The van der Waals surface area contributed by atoms with E-state index in [4.69, 9.17) is 0 Å². The summed E-state index contributed by atoms with van der Waals surface area (Å²) in [5.74, 6) is 0.723. The van der Waals surface area contributed by atoms with Gasteiger partial charge < -0.3 is 0 Å². The summed E-state index contributed by atoms with van der Waals surface area (Å²) in [6.07, 6.45) is 8.66. The highest BCUT2D eigenvalue weighted by atomic mass is 15.3. The van der Waals surface area contributed by atoms with Gasteiger partial charge in [0.15, 0.2) is 0 Å². The minimum Gasteiger partial charge on any atom is -0.268 e. The highest BCUT2D eigenvalue weighted by Crippen LogP contribution is 2.38. The second-order valence-electron chi connectivity index (χ2n) is 6.24. The van der Waals surface area contributed by atoms with E-state index in [0.717, 1.165) is 19.0 Å². The average molecular weight is 292 g/mol. The van der Waals surface area contributed by atoms with Crippen LogP contribution in [0.2, 0.25) is 0 Å². The molecule has 0 saturated heterocycles. The third-order valence-corrected chi connectivity index (χ3v) is 4.13. The SMILES string of the molecule is Cc1cnn(Cc2ccc(Cn3ccc(C4CC4)n3)cc2)c1. The maximum absolute atomic E-state index is 4.66. The molecule has 2 aromatic heterocycles. The molecule has 1 aliphatic carbocycles. The lowest BCUT2D eigenvalue weighted by molar-refractivity contribution is 0.669. The van der Waals surface area contributed by atoms with Crippen LogP contribution in [0.5, 0.6) is 0 Å². The molecule has 0 N–H and O–H groups in total. The molecule has 1 saturated carbocycles. The monoisotopic (exact) mass is 292 g/mol. The Kier molecular flexibility index (Phi) is 3.29. The fourth-order valence-corrected chi connectivity index (χ4v) is 2.74. The van der Waals surface area contributed by atoms with Crippen molar-refractivity contribution >= 4 is 0 Å². The van der Waals surface area contributed by atoms with Crippen LogP contribution in [0.4, 0.5) is 0 Å². The van der Waals surface area contributed by atoms with Crippen molar-refractivity contribution in [2.45, 2.75) is 38.8 Å². The van der Waals surface area contributed by atoms with Gasteiger partial charge in [0.2, 0.25) is 0 Å². The van der Waals surface area contributed by atoms with Gasteiger partial charge >= 0.3 is 0 Å². The van der Waals surface area contributed by atoms with Crippen molar-refractivity contribution in [3.8, 4) is 0 Å². The van der Waals surface area contributed by atoms with Gasteiger partial charge in [-0.3, -0.25) is 9.36 Å². The van der Waals surface area contributed by atoms with Gasteiger partial charge in [-0.05, 0) is 42.5 Å². The average Bonchev–Trinajstić information content (AvgIpc) is 3.14. The summed E-state index contributed by atoms with van der Waals surface area (Å²) >= 11 is 0. The van der Waals surface area contributed by atoms with Crippen molar-refractivity contribution in [2.75, 3.05) is 0 Å². The van der Waals surface area contributed by atoms with Crippen LogP contribution in [0.1, 0.15) is 41.1 Å². The van der Waals surface area contributed by atoms with Crippen molar-refractivity contribution in [3.63, 3.8) is 0 Å². The Balaban J connectivity index is 1.42. The van der Waals surface area contributed by atoms with Crippen LogP contribution in [0.15, 0.2) is 48.9 Å². The topological polar surface area (TPSA) is 35.6 Å². The minimum absolute atomic E-state index is 0.723. The summed E-state index contributed by atoms with van der Waals surface area (Å²) in [5.41, 5.74) is 5.00. The Labute approximate surface area is 130 Å². The molecular weight excluding hydrogens is 272 g/mol. The van der Waals surface area contributed by atoms with Crippen molar-refractivity contribution < 1.29 is 0 Å². The molecule has 0 spiro atoms. The van der Waals surface area contributed by atoms with E-state index in [1.165, 1.54) is 35.2 Å². The van der Waals surface area contributed by atoms with Gasteiger partial charge in [0.1, 0.15) is 0 Å². The smallest absolute Gasteiger partial charge is 0.0659 e. The van der Waals surface area contributed by atoms with Crippen LogP contribution in [-0.2, 0) is 13.1 Å². The Bertz CT molecular complexity index is 762. The van der Waals surface area contributed by atoms with Crippen LogP contribution in [0.25, 0.3) is 0 Å². The number of hydrogen-bond donors (Lipinski definition) is 0. The molecule has 1 fully saturated rings. The molecule has 0 bridgehead atoms. The summed E-state index contributed by atoms with van der Waals surface area (Å²) in [6, 6.07) is 10.9. The Morgan fingerprint density at radius 1 is 1.00 bits per heavy atom. The fraction of sp³-hybridized carbons (Fsp3) is 0.333. The molecule has 0 atom stereocenters. The molecule has 4 nitrogen and oxygen atoms in total. The van der Waals surface area contributed by atoms with Crippen LogP contribution >= 0.6 is 0 Å². The first kappa shape index (κ1) is 13.3. The second-order valence-corrected chi connectivity index (χ2v) is 6.24. The summed E-state index contributed by atoms with van der Waals surface area (Å²) < 4.78 is 4.01. The summed E-state index contributed by atoms with van der Waals surface area (Å²) in [6.45, 7) is 3.72. The first-order valence-corrected chi connectivity index (χ1v) is 7.86. The molecule has 1 aromatic carbocycles. The van der Waals surface area contributed by atoms with Crippen LogP contribution in [0, 0.1) is 6.92 Å². The Morgan fingerprint density at radius 2 is 1.68 bits per heavy atom. The molecule has 0 aliphatic heterocycles. The van der Waals surface area contributed by atoms with Gasteiger partial charge in [0.05, 0.1) is 25.0 Å². The minimum atomic E-state index is 0.723. The van der Waals surface area contributed by atoms with E-state index >= 15 is 0 Å². The van der Waals surface area contributed by atoms with Crippen LogP contribution in [0.3, 0.4) is 0 Å². The molecule has 4 rings (SSSR count). The third kappa shape index (κ3) is 2.96. The number of hydrogen-bond acceptors (Lipinski definition) is 2. The quantitative estimate of drug-likeness (QED) is 0.723. The van der Waals surface area contributed by atoms with E-state index in [1.54, 1.807) is 0 Å². The van der Waals surface area contributed by atoms with Gasteiger partial charge in [0, 0.05) is 18.3 Å². The molecule has 2 heterocycles. The van der Waals surface area contributed by atoms with Gasteiger partial charge in [-0.1, -0.05) is 24.3 Å². The van der Waals surface area contributed by atoms with Crippen LogP contribution in [-0.4, -0.2) is 19.6 Å². The molecule has 0 unspecified atom stereocenters. The molecule has 0 amide bonds. The Hall–Kier alpha value is -2.36. The van der Waals surface area contributed by atoms with Crippen molar-refractivity contribution in [1.82, 2.24) is 19.6 Å². The predicted octanol–water partition coefficient (Wildman–Crippen LogP) is 3.36. The molecule has 0 radical (unpaired) electrons. The maximum Gasteiger partial charge on any atom is 0.0659 e. The van der Waals surface area contributed by atoms with Gasteiger partial charge in [0.25, 0.3) is 0 Å². The summed E-state index contributed by atoms with van der Waals surface area (Å²) in [5, 5.41) is 8.99. The zero-order valence-corrected chi connectivity index (χ0v) is 12.8. The zero-order valence-electron chi connectivity index (χ0n) is 12.8. The highest BCUT2D eigenvalue weighted by molar-refractivity contribution is 5.23. The maximum atomic E-state index is 4.66. The third-order valence-electron chi connectivity index (χ3n) is 4.13. The number of aryl methyl sites for hydroxylation is 1. The normalized spacial score (nSPS) is 14.4. The van der Waals surface area contributed by atoms with E-state index in [-0.39, 0.29) is 0 Å². The van der Waals surface area contributed by atoms with Gasteiger partial charge in [-0.15, -0.1) is 0 Å². The molecule has 1 aliphatic rings. The molecule has 22 heavy (non-hydrogen) atoms. The lowest BCUT2D eigenvalue weighted by Crippen LogP contribution is -2.02. The zero-order chi connectivity index (χ0) is 14.9. The summed E-state index contributed by atoms with van der Waals surface area (Å²) in [7, 11) is 0. The van der Waals surface area contributed by atoms with E-state index in [0.29, 0.717) is 0 Å². The van der Waals surface area contributed by atoms with Crippen molar-refractivity contribution in [2.24, 2.45) is 0 Å².